The molecule has 3 aromatic rings. The summed E-state index contributed by atoms with van der Waals surface area (Å²) in [4.78, 5) is 19.6. The van der Waals surface area contributed by atoms with Crippen LogP contribution in [0.15, 0.2) is 48.9 Å². The van der Waals surface area contributed by atoms with E-state index in [2.05, 4.69) is 20.4 Å². The van der Waals surface area contributed by atoms with Crippen LogP contribution in [0.4, 0.5) is 23.2 Å². The van der Waals surface area contributed by atoms with E-state index in [4.69, 9.17) is 0 Å². The van der Waals surface area contributed by atoms with Crippen LogP contribution in [-0.4, -0.2) is 25.7 Å². The molecule has 1 aromatic carbocycles. The van der Waals surface area contributed by atoms with Crippen molar-refractivity contribution in [1.82, 2.24) is 19.7 Å². The molecule has 0 atom stereocenters. The summed E-state index contributed by atoms with van der Waals surface area (Å²) in [6.07, 6.45) is -1.63. The van der Waals surface area contributed by atoms with Crippen LogP contribution in [-0.2, 0) is 6.18 Å². The number of amides is 1. The molecule has 0 unspecified atom stereocenters. The first-order valence-electron chi connectivity index (χ1n) is 6.86. The van der Waals surface area contributed by atoms with Crippen LogP contribution in [0.3, 0.4) is 0 Å². The Morgan fingerprint density at radius 1 is 1.12 bits per heavy atom. The second-order valence-electron chi connectivity index (χ2n) is 4.83. The normalized spacial score (nSPS) is 11.4. The van der Waals surface area contributed by atoms with Gasteiger partial charge in [0.05, 0.1) is 11.8 Å². The second-order valence-corrected chi connectivity index (χ2v) is 4.83. The molecule has 0 radical (unpaired) electrons. The van der Waals surface area contributed by atoms with Gasteiger partial charge in [0.25, 0.3) is 11.9 Å². The number of alkyl halides is 3. The molecule has 2 heterocycles. The molecule has 0 aliphatic rings. The van der Waals surface area contributed by atoms with E-state index >= 15 is 0 Å². The molecule has 6 nitrogen and oxygen atoms in total. The van der Waals surface area contributed by atoms with Crippen LogP contribution in [0.1, 0.15) is 16.1 Å². The van der Waals surface area contributed by atoms with Crippen LogP contribution in [0.5, 0.6) is 0 Å². The molecule has 0 aliphatic carbocycles. The van der Waals surface area contributed by atoms with Gasteiger partial charge in [-0.2, -0.15) is 23.0 Å². The van der Waals surface area contributed by atoms with Crippen molar-refractivity contribution in [2.75, 3.05) is 5.32 Å². The zero-order valence-electron chi connectivity index (χ0n) is 12.3. The molecular weight excluding hydrogens is 342 g/mol. The third kappa shape index (κ3) is 3.47. The van der Waals surface area contributed by atoms with Gasteiger partial charge in [0, 0.05) is 18.1 Å². The van der Waals surface area contributed by atoms with Gasteiger partial charge in [-0.1, -0.05) is 6.07 Å². The Bertz CT molecular complexity index is 908. The van der Waals surface area contributed by atoms with E-state index in [9.17, 15) is 22.4 Å². The Labute approximate surface area is 138 Å². The number of rotatable bonds is 3. The highest BCUT2D eigenvalue weighted by Crippen LogP contribution is 2.33. The van der Waals surface area contributed by atoms with Gasteiger partial charge in [-0.05, 0) is 24.3 Å². The smallest absolute Gasteiger partial charge is 0.322 e. The van der Waals surface area contributed by atoms with Crippen molar-refractivity contribution in [3.8, 4) is 5.95 Å². The maximum Gasteiger partial charge on any atom is 0.434 e. The summed E-state index contributed by atoms with van der Waals surface area (Å²) in [5, 5.41) is 5.77. The number of aromatic nitrogens is 4. The van der Waals surface area contributed by atoms with E-state index in [0.29, 0.717) is 4.68 Å². The van der Waals surface area contributed by atoms with Gasteiger partial charge < -0.3 is 5.32 Å². The molecule has 0 spiro atoms. The SMILES string of the molecule is O=C(Nc1cccc(F)c1)c1cnn(-c2ncccn2)c1C(F)(F)F. The van der Waals surface area contributed by atoms with Crippen molar-refractivity contribution >= 4 is 11.6 Å². The Balaban J connectivity index is 2.02. The monoisotopic (exact) mass is 351 g/mol. The number of benzene rings is 1. The van der Waals surface area contributed by atoms with E-state index < -0.39 is 29.2 Å². The highest BCUT2D eigenvalue weighted by Gasteiger charge is 2.41. The Morgan fingerprint density at radius 2 is 1.84 bits per heavy atom. The fraction of sp³-hybridized carbons (Fsp3) is 0.0667. The molecule has 2 aromatic heterocycles. The average molecular weight is 351 g/mol. The van der Waals surface area contributed by atoms with E-state index in [1.807, 2.05) is 0 Å². The lowest BCUT2D eigenvalue weighted by atomic mass is 10.2. The molecule has 25 heavy (non-hydrogen) atoms. The van der Waals surface area contributed by atoms with E-state index in [1.54, 1.807) is 0 Å². The first-order valence-corrected chi connectivity index (χ1v) is 6.86. The van der Waals surface area contributed by atoms with E-state index in [-0.39, 0.29) is 11.6 Å². The minimum atomic E-state index is -4.88. The van der Waals surface area contributed by atoms with Gasteiger partial charge >= 0.3 is 6.18 Å². The predicted octanol–water partition coefficient (Wildman–Crippen LogP) is 3.07. The molecule has 1 amide bonds. The molecule has 3 rings (SSSR count). The largest absolute Gasteiger partial charge is 0.434 e. The average Bonchev–Trinajstić information content (AvgIpc) is 3.01. The minimum absolute atomic E-state index is 0.0156. The molecule has 10 heteroatoms. The predicted molar refractivity (Wildman–Crippen MR) is 78.5 cm³/mol. The maximum atomic E-state index is 13.4. The first kappa shape index (κ1) is 16.6. The maximum absolute atomic E-state index is 13.4. The number of nitrogens with zero attached hydrogens (tertiary/aromatic N) is 4. The lowest BCUT2D eigenvalue weighted by Crippen LogP contribution is -2.21. The van der Waals surface area contributed by atoms with Crippen LogP contribution in [0.25, 0.3) is 5.95 Å². The third-order valence-corrected chi connectivity index (χ3v) is 3.11. The summed E-state index contributed by atoms with van der Waals surface area (Å²) in [6, 6.07) is 6.21. The molecule has 0 saturated carbocycles. The van der Waals surface area contributed by atoms with Crippen molar-refractivity contribution in [3.05, 3.63) is 66.0 Å². The molecule has 0 fully saturated rings. The highest BCUT2D eigenvalue weighted by atomic mass is 19.4. The zero-order chi connectivity index (χ0) is 18.0. The van der Waals surface area contributed by atoms with Crippen LogP contribution in [0.2, 0.25) is 0 Å². The van der Waals surface area contributed by atoms with Crippen molar-refractivity contribution in [2.45, 2.75) is 6.18 Å². The number of carbonyl (C=O) groups excluding carboxylic acids is 1. The van der Waals surface area contributed by atoms with Crippen LogP contribution in [0, 0.1) is 5.82 Å². The fourth-order valence-corrected chi connectivity index (χ4v) is 2.10. The van der Waals surface area contributed by atoms with E-state index in [1.165, 1.54) is 30.6 Å². The second kappa shape index (κ2) is 6.30. The lowest BCUT2D eigenvalue weighted by Gasteiger charge is -2.11. The molecule has 0 bridgehead atoms. The van der Waals surface area contributed by atoms with Gasteiger partial charge in [0.1, 0.15) is 5.82 Å². The Hall–Kier alpha value is -3.30. The standard InChI is InChI=1S/C15H9F4N5O/c16-9-3-1-4-10(7-9)23-13(25)11-8-22-24(12(11)15(17,18)19)14-20-5-2-6-21-14/h1-8H,(H,23,25). The molecule has 0 aliphatic heterocycles. The summed E-state index contributed by atoms with van der Waals surface area (Å²) >= 11 is 0. The van der Waals surface area contributed by atoms with Crippen LogP contribution >= 0.6 is 0 Å². The molecule has 1 N–H and O–H groups in total. The van der Waals surface area contributed by atoms with E-state index in [0.717, 1.165) is 18.3 Å². The first-order chi connectivity index (χ1) is 11.9. The molecule has 128 valence electrons. The quantitative estimate of drug-likeness (QED) is 0.736. The van der Waals surface area contributed by atoms with Gasteiger partial charge in [0.2, 0.25) is 0 Å². The van der Waals surface area contributed by atoms with Crippen molar-refractivity contribution < 1.29 is 22.4 Å². The number of hydrogen-bond donors (Lipinski definition) is 1. The number of anilines is 1. The van der Waals surface area contributed by atoms with Gasteiger partial charge in [-0.25, -0.2) is 14.4 Å². The zero-order valence-corrected chi connectivity index (χ0v) is 12.3. The van der Waals surface area contributed by atoms with Crippen molar-refractivity contribution in [1.29, 1.82) is 0 Å². The van der Waals surface area contributed by atoms with Gasteiger partial charge in [-0.15, -0.1) is 0 Å². The number of nitrogens with one attached hydrogen (secondary N) is 1. The van der Waals surface area contributed by atoms with Gasteiger partial charge in [-0.3, -0.25) is 4.79 Å². The summed E-state index contributed by atoms with van der Waals surface area (Å²) < 4.78 is 53.9. The Kier molecular flexibility index (Phi) is 4.17. The lowest BCUT2D eigenvalue weighted by molar-refractivity contribution is -0.143. The summed E-state index contributed by atoms with van der Waals surface area (Å²) in [5.41, 5.74) is -2.04. The number of carbonyl (C=O) groups is 1. The molecular formula is C15H9F4N5O. The van der Waals surface area contributed by atoms with Crippen LogP contribution < -0.4 is 5.32 Å². The number of hydrogen-bond acceptors (Lipinski definition) is 4. The summed E-state index contributed by atoms with van der Waals surface area (Å²) in [5.74, 6) is -2.05. The van der Waals surface area contributed by atoms with Crippen molar-refractivity contribution in [3.63, 3.8) is 0 Å². The highest BCUT2D eigenvalue weighted by molar-refractivity contribution is 6.05. The summed E-state index contributed by atoms with van der Waals surface area (Å²) in [7, 11) is 0. The topological polar surface area (TPSA) is 72.7 Å². The minimum Gasteiger partial charge on any atom is -0.322 e. The third-order valence-electron chi connectivity index (χ3n) is 3.11. The Morgan fingerprint density at radius 3 is 2.48 bits per heavy atom. The van der Waals surface area contributed by atoms with Crippen molar-refractivity contribution in [2.24, 2.45) is 0 Å². The fourth-order valence-electron chi connectivity index (χ4n) is 2.10. The molecule has 0 saturated heterocycles. The van der Waals surface area contributed by atoms with Gasteiger partial charge in [0.15, 0.2) is 5.69 Å². The summed E-state index contributed by atoms with van der Waals surface area (Å²) in [6.45, 7) is 0. The number of halogens is 4.